The Bertz CT molecular complexity index is 794. The number of aromatic nitrogens is 1. The first kappa shape index (κ1) is 18.2. The van der Waals surface area contributed by atoms with Crippen molar-refractivity contribution in [2.24, 2.45) is 0 Å². The smallest absolute Gasteiger partial charge is 0.376 e. The summed E-state index contributed by atoms with van der Waals surface area (Å²) in [6.45, 7) is 4.72. The summed E-state index contributed by atoms with van der Waals surface area (Å²) in [5, 5.41) is 9.40. The highest BCUT2D eigenvalue weighted by Gasteiger charge is 2.34. The van der Waals surface area contributed by atoms with Crippen LogP contribution in [-0.2, 0) is 16.0 Å². The second-order valence-corrected chi connectivity index (χ2v) is 6.48. The number of carbonyl (C=O) groups excluding carboxylic acids is 1. The van der Waals surface area contributed by atoms with Gasteiger partial charge in [-0.25, -0.2) is 0 Å². The zero-order chi connectivity index (χ0) is 18.7. The Labute approximate surface area is 152 Å². The first-order valence-electron chi connectivity index (χ1n) is 8.51. The molecule has 26 heavy (non-hydrogen) atoms. The second-order valence-electron chi connectivity index (χ2n) is 6.48. The number of anilines is 1. The molecule has 8 heteroatoms. The van der Waals surface area contributed by atoms with Crippen LogP contribution in [0.3, 0.4) is 0 Å². The van der Waals surface area contributed by atoms with Gasteiger partial charge in [0.15, 0.2) is 0 Å². The molecule has 0 saturated carbocycles. The van der Waals surface area contributed by atoms with Crippen LogP contribution in [-0.4, -0.2) is 47.0 Å². The lowest BCUT2D eigenvalue weighted by atomic mass is 9.81. The SMILES string of the molecule is CB(O)N1CC(OC(=O)Cc2cc(Oc3ccc(C)c(N)c3)ccn2)C1. The molecule has 3 rings (SSSR count). The third-order valence-electron chi connectivity index (χ3n) is 4.30. The van der Waals surface area contributed by atoms with Gasteiger partial charge in [0, 0.05) is 37.1 Å². The zero-order valence-electron chi connectivity index (χ0n) is 14.9. The number of esters is 1. The quantitative estimate of drug-likeness (QED) is 0.462. The van der Waals surface area contributed by atoms with Crippen molar-refractivity contribution in [3.63, 3.8) is 0 Å². The summed E-state index contributed by atoms with van der Waals surface area (Å²) in [4.78, 5) is 18.1. The first-order chi connectivity index (χ1) is 12.4. The fourth-order valence-corrected chi connectivity index (χ4v) is 2.66. The molecular weight excluding hydrogens is 333 g/mol. The molecule has 136 valence electrons. The molecule has 2 aromatic rings. The number of nitrogens with zero attached hydrogens (tertiary/aromatic N) is 2. The van der Waals surface area contributed by atoms with Crippen molar-refractivity contribution < 1.29 is 19.3 Å². The molecule has 7 nitrogen and oxygen atoms in total. The van der Waals surface area contributed by atoms with E-state index in [1.54, 1.807) is 31.2 Å². The number of nitrogen functional groups attached to an aromatic ring is 1. The number of benzene rings is 1. The number of rotatable bonds is 6. The maximum Gasteiger partial charge on any atom is 0.376 e. The molecule has 1 saturated heterocycles. The van der Waals surface area contributed by atoms with Crippen molar-refractivity contribution in [3.05, 3.63) is 47.8 Å². The third kappa shape index (κ3) is 4.53. The molecule has 0 aliphatic carbocycles. The number of hydrogen-bond acceptors (Lipinski definition) is 7. The summed E-state index contributed by atoms with van der Waals surface area (Å²) in [7, 11) is -0.517. The first-order valence-corrected chi connectivity index (χ1v) is 8.51. The molecule has 0 amide bonds. The van der Waals surface area contributed by atoms with Crippen molar-refractivity contribution in [1.82, 2.24) is 9.79 Å². The van der Waals surface area contributed by atoms with Crippen LogP contribution in [0, 0.1) is 6.92 Å². The molecule has 0 unspecified atom stereocenters. The van der Waals surface area contributed by atoms with E-state index in [1.165, 1.54) is 0 Å². The number of aryl methyl sites for hydroxylation is 1. The van der Waals surface area contributed by atoms with E-state index < -0.39 is 7.05 Å². The second kappa shape index (κ2) is 7.76. The molecule has 3 N–H and O–H groups in total. The molecule has 0 atom stereocenters. The Kier molecular flexibility index (Phi) is 5.44. The molecular formula is C18H22BN3O4. The van der Waals surface area contributed by atoms with Gasteiger partial charge in [0.1, 0.15) is 17.6 Å². The maximum absolute atomic E-state index is 12.0. The number of hydrogen-bond donors (Lipinski definition) is 2. The lowest BCUT2D eigenvalue weighted by Gasteiger charge is -2.39. The highest BCUT2D eigenvalue weighted by molar-refractivity contribution is 6.45. The van der Waals surface area contributed by atoms with Crippen LogP contribution in [0.5, 0.6) is 11.5 Å². The van der Waals surface area contributed by atoms with Gasteiger partial charge in [-0.3, -0.25) is 9.78 Å². The summed E-state index contributed by atoms with van der Waals surface area (Å²) >= 11 is 0. The van der Waals surface area contributed by atoms with Gasteiger partial charge in [-0.1, -0.05) is 6.07 Å². The average molecular weight is 355 g/mol. The summed E-state index contributed by atoms with van der Waals surface area (Å²) in [5.41, 5.74) is 8.11. The number of pyridine rings is 1. The van der Waals surface area contributed by atoms with Crippen molar-refractivity contribution >= 4 is 18.7 Å². The molecule has 1 aromatic carbocycles. The Morgan fingerprint density at radius 3 is 2.77 bits per heavy atom. The monoisotopic (exact) mass is 355 g/mol. The maximum atomic E-state index is 12.0. The predicted molar refractivity (Wildman–Crippen MR) is 98.9 cm³/mol. The van der Waals surface area contributed by atoms with Crippen LogP contribution >= 0.6 is 0 Å². The normalized spacial score (nSPS) is 14.6. The minimum Gasteiger partial charge on any atom is -0.459 e. The van der Waals surface area contributed by atoms with Crippen molar-refractivity contribution in [3.8, 4) is 11.5 Å². The van der Waals surface area contributed by atoms with E-state index in [4.69, 9.17) is 15.2 Å². The molecule has 1 aliphatic rings. The van der Waals surface area contributed by atoms with Gasteiger partial charge in [-0.05, 0) is 31.4 Å². The summed E-state index contributed by atoms with van der Waals surface area (Å²) in [5.74, 6) is 0.861. The fraction of sp³-hybridized carbons (Fsp3) is 0.333. The van der Waals surface area contributed by atoms with Gasteiger partial charge in [0.2, 0.25) is 0 Å². The Morgan fingerprint density at radius 2 is 2.08 bits per heavy atom. The molecule has 0 radical (unpaired) electrons. The van der Waals surface area contributed by atoms with Crippen LogP contribution in [0.15, 0.2) is 36.5 Å². The number of nitrogens with two attached hydrogens (primary N) is 1. The van der Waals surface area contributed by atoms with Gasteiger partial charge in [0.05, 0.1) is 12.1 Å². The molecule has 0 spiro atoms. The van der Waals surface area contributed by atoms with Crippen LogP contribution in [0.1, 0.15) is 11.3 Å². The topological polar surface area (TPSA) is 97.9 Å². The largest absolute Gasteiger partial charge is 0.459 e. The van der Waals surface area contributed by atoms with Crippen molar-refractivity contribution in [2.75, 3.05) is 18.8 Å². The molecule has 1 aromatic heterocycles. The molecule has 0 bridgehead atoms. The number of carbonyl (C=O) groups is 1. The van der Waals surface area contributed by atoms with Crippen LogP contribution in [0.25, 0.3) is 0 Å². The van der Waals surface area contributed by atoms with E-state index in [0.29, 0.717) is 36.0 Å². The third-order valence-corrected chi connectivity index (χ3v) is 4.30. The van der Waals surface area contributed by atoms with Gasteiger partial charge < -0.3 is 25.0 Å². The van der Waals surface area contributed by atoms with Gasteiger partial charge >= 0.3 is 13.0 Å². The van der Waals surface area contributed by atoms with Crippen LogP contribution in [0.4, 0.5) is 5.69 Å². The summed E-state index contributed by atoms with van der Waals surface area (Å²) < 4.78 is 11.2. The van der Waals surface area contributed by atoms with Crippen LogP contribution in [0.2, 0.25) is 6.82 Å². The zero-order valence-corrected chi connectivity index (χ0v) is 14.9. The Balaban J connectivity index is 1.55. The highest BCUT2D eigenvalue weighted by atomic mass is 16.5. The van der Waals surface area contributed by atoms with E-state index in [0.717, 1.165) is 5.56 Å². The van der Waals surface area contributed by atoms with Gasteiger partial charge in [-0.15, -0.1) is 0 Å². The Hall–Kier alpha value is -2.58. The minimum absolute atomic E-state index is 0.0679. The van der Waals surface area contributed by atoms with Crippen molar-refractivity contribution in [1.29, 1.82) is 0 Å². The van der Waals surface area contributed by atoms with E-state index in [1.807, 2.05) is 23.9 Å². The molecule has 1 fully saturated rings. The fourth-order valence-electron chi connectivity index (χ4n) is 2.66. The van der Waals surface area contributed by atoms with E-state index >= 15 is 0 Å². The summed E-state index contributed by atoms with van der Waals surface area (Å²) in [6, 6.07) is 8.91. The van der Waals surface area contributed by atoms with Crippen molar-refractivity contribution in [2.45, 2.75) is 26.3 Å². The van der Waals surface area contributed by atoms with E-state index in [-0.39, 0.29) is 18.5 Å². The van der Waals surface area contributed by atoms with Crippen LogP contribution < -0.4 is 10.5 Å². The lowest BCUT2D eigenvalue weighted by molar-refractivity contribution is -0.154. The predicted octanol–water partition coefficient (Wildman–Crippen LogP) is 1.64. The average Bonchev–Trinajstić information content (AvgIpc) is 2.54. The molecule has 1 aliphatic heterocycles. The van der Waals surface area contributed by atoms with Gasteiger partial charge in [0.25, 0.3) is 0 Å². The Morgan fingerprint density at radius 1 is 1.35 bits per heavy atom. The standard InChI is InChI=1S/C18H22BN3O4/c1-12-3-4-14(9-17(12)20)25-15-5-6-21-13(7-15)8-18(23)26-16-10-22(11-16)19(2)24/h3-7,9,16,24H,8,10-11,20H2,1-2H3. The minimum atomic E-state index is -0.517. The lowest BCUT2D eigenvalue weighted by Crippen LogP contribution is -2.58. The van der Waals surface area contributed by atoms with E-state index in [2.05, 4.69) is 4.98 Å². The molecule has 2 heterocycles. The summed E-state index contributed by atoms with van der Waals surface area (Å²) in [6.07, 6.45) is 1.49. The number of ether oxygens (including phenoxy) is 2. The highest BCUT2D eigenvalue weighted by Crippen LogP contribution is 2.25. The van der Waals surface area contributed by atoms with E-state index in [9.17, 15) is 9.82 Å². The van der Waals surface area contributed by atoms with Gasteiger partial charge in [-0.2, -0.15) is 0 Å².